The molecule has 0 heterocycles. The summed E-state index contributed by atoms with van der Waals surface area (Å²) in [7, 11) is -2.41. The summed E-state index contributed by atoms with van der Waals surface area (Å²) in [5.74, 6) is -0.439. The maximum atomic E-state index is 12.6. The fraction of sp³-hybridized carbons (Fsp3) is 0.316. The van der Waals surface area contributed by atoms with Crippen molar-refractivity contribution in [1.82, 2.24) is 0 Å². The molecule has 29 heavy (non-hydrogen) atoms. The van der Waals surface area contributed by atoms with Crippen molar-refractivity contribution in [3.05, 3.63) is 57.1 Å². The van der Waals surface area contributed by atoms with Crippen molar-refractivity contribution in [2.75, 3.05) is 29.5 Å². The Morgan fingerprint density at radius 3 is 2.24 bits per heavy atom. The Hall–Kier alpha value is -3.14. The Labute approximate surface area is 169 Å². The highest BCUT2D eigenvalue weighted by Crippen LogP contribution is 2.30. The smallest absolute Gasteiger partial charge is 0.271 e. The van der Waals surface area contributed by atoms with Gasteiger partial charge in [-0.3, -0.25) is 19.2 Å². The van der Waals surface area contributed by atoms with E-state index in [9.17, 15) is 23.3 Å². The first-order valence-corrected chi connectivity index (χ1v) is 10.5. The lowest BCUT2D eigenvalue weighted by Gasteiger charge is -2.26. The van der Waals surface area contributed by atoms with Gasteiger partial charge in [0, 0.05) is 12.1 Å². The number of non-ortho nitro benzene ring substituents is 1. The summed E-state index contributed by atoms with van der Waals surface area (Å²) in [5.41, 5.74) is 2.69. The van der Waals surface area contributed by atoms with E-state index in [1.165, 1.54) is 19.2 Å². The van der Waals surface area contributed by atoms with Gasteiger partial charge in [-0.15, -0.1) is 0 Å². The lowest BCUT2D eigenvalue weighted by molar-refractivity contribution is -0.384. The third kappa shape index (κ3) is 5.23. The van der Waals surface area contributed by atoms with Gasteiger partial charge in [0.05, 0.1) is 29.7 Å². The lowest BCUT2D eigenvalue weighted by atomic mass is 10.1. The molecule has 0 spiro atoms. The first kappa shape index (κ1) is 22.2. The minimum atomic E-state index is -3.77. The van der Waals surface area contributed by atoms with Crippen molar-refractivity contribution in [3.8, 4) is 5.75 Å². The first-order chi connectivity index (χ1) is 13.4. The number of anilines is 2. The molecule has 2 aromatic rings. The van der Waals surface area contributed by atoms with Gasteiger partial charge in [-0.2, -0.15) is 0 Å². The molecule has 0 atom stereocenters. The number of nitrogens with zero attached hydrogens (tertiary/aromatic N) is 2. The molecule has 2 rings (SSSR count). The van der Waals surface area contributed by atoms with E-state index in [-0.39, 0.29) is 17.1 Å². The van der Waals surface area contributed by atoms with Crippen LogP contribution in [0.25, 0.3) is 0 Å². The summed E-state index contributed by atoms with van der Waals surface area (Å²) in [6, 6.07) is 7.43. The molecule has 1 N–H and O–H groups in total. The number of ether oxygens (including phenoxy) is 1. The second kappa shape index (κ2) is 8.48. The Balaban J connectivity index is 2.39. The van der Waals surface area contributed by atoms with E-state index in [1.54, 1.807) is 13.8 Å². The number of sulfonamides is 1. The summed E-state index contributed by atoms with van der Waals surface area (Å²) in [4.78, 5) is 23.0. The molecular formula is C19H23N3O6S. The number of nitro groups is 1. The Bertz CT molecular complexity index is 1040. The second-order valence-electron chi connectivity index (χ2n) is 6.71. The molecule has 0 aliphatic carbocycles. The van der Waals surface area contributed by atoms with Gasteiger partial charge < -0.3 is 10.1 Å². The molecular weight excluding hydrogens is 398 g/mol. The maximum Gasteiger partial charge on any atom is 0.271 e. The molecule has 9 nitrogen and oxygen atoms in total. The molecule has 0 bridgehead atoms. The van der Waals surface area contributed by atoms with Gasteiger partial charge in [0.1, 0.15) is 12.3 Å². The van der Waals surface area contributed by atoms with Gasteiger partial charge in [0.25, 0.3) is 5.69 Å². The molecule has 156 valence electrons. The summed E-state index contributed by atoms with van der Waals surface area (Å²) in [6.45, 7) is 4.95. The third-order valence-corrected chi connectivity index (χ3v) is 5.35. The van der Waals surface area contributed by atoms with E-state index in [2.05, 4.69) is 5.32 Å². The summed E-state index contributed by atoms with van der Waals surface area (Å²) in [5, 5.41) is 13.5. The molecule has 0 aliphatic heterocycles. The van der Waals surface area contributed by atoms with Crippen LogP contribution in [-0.2, 0) is 14.8 Å². The van der Waals surface area contributed by atoms with Gasteiger partial charge in [-0.25, -0.2) is 8.42 Å². The zero-order valence-electron chi connectivity index (χ0n) is 16.8. The van der Waals surface area contributed by atoms with Crippen LogP contribution in [-0.4, -0.2) is 39.2 Å². The number of benzene rings is 2. The first-order valence-electron chi connectivity index (χ1n) is 8.62. The van der Waals surface area contributed by atoms with Crippen LogP contribution < -0.4 is 14.4 Å². The van der Waals surface area contributed by atoms with E-state index >= 15 is 0 Å². The SMILES string of the molecule is COc1ccc([N+](=O)[O-])cc1NC(=O)CN(c1c(C)cc(C)cc1C)S(C)(=O)=O. The van der Waals surface area contributed by atoms with E-state index in [4.69, 9.17) is 4.74 Å². The normalized spacial score (nSPS) is 11.1. The predicted octanol–water partition coefficient (Wildman–Crippen LogP) is 2.93. The number of rotatable bonds is 7. The summed E-state index contributed by atoms with van der Waals surface area (Å²) < 4.78 is 31.0. The molecule has 10 heteroatoms. The number of methoxy groups -OCH3 is 1. The van der Waals surface area contributed by atoms with Crippen molar-refractivity contribution in [2.45, 2.75) is 20.8 Å². The van der Waals surface area contributed by atoms with Gasteiger partial charge in [0.15, 0.2) is 0 Å². The number of hydrogen-bond donors (Lipinski definition) is 1. The van der Waals surface area contributed by atoms with E-state index < -0.39 is 27.4 Å². The predicted molar refractivity (Wildman–Crippen MR) is 111 cm³/mol. The van der Waals surface area contributed by atoms with Crippen LogP contribution in [0.4, 0.5) is 17.1 Å². The van der Waals surface area contributed by atoms with Crippen molar-refractivity contribution in [3.63, 3.8) is 0 Å². The highest BCUT2D eigenvalue weighted by Gasteiger charge is 2.25. The quantitative estimate of drug-likeness (QED) is 0.542. The second-order valence-corrected chi connectivity index (χ2v) is 8.61. The summed E-state index contributed by atoms with van der Waals surface area (Å²) in [6.07, 6.45) is 1.02. The zero-order valence-corrected chi connectivity index (χ0v) is 17.7. The number of nitrogens with one attached hydrogen (secondary N) is 1. The van der Waals surface area contributed by atoms with Crippen LogP contribution in [0.3, 0.4) is 0 Å². The number of amides is 1. The van der Waals surface area contributed by atoms with Crippen LogP contribution in [0.2, 0.25) is 0 Å². The highest BCUT2D eigenvalue weighted by atomic mass is 32.2. The van der Waals surface area contributed by atoms with E-state index in [1.807, 2.05) is 19.1 Å². The van der Waals surface area contributed by atoms with Crippen molar-refractivity contribution in [2.24, 2.45) is 0 Å². The minimum absolute atomic E-state index is 0.0810. The molecule has 1 amide bonds. The van der Waals surface area contributed by atoms with Crippen molar-refractivity contribution in [1.29, 1.82) is 0 Å². The standard InChI is InChI=1S/C19H23N3O6S/c1-12-8-13(2)19(14(3)9-12)21(29(5,26)27)11-18(23)20-16-10-15(22(24)25)6-7-17(16)28-4/h6-10H,11H2,1-5H3,(H,20,23). The van der Waals surface area contributed by atoms with E-state index in [0.29, 0.717) is 16.8 Å². The highest BCUT2D eigenvalue weighted by molar-refractivity contribution is 7.92. The Kier molecular flexibility index (Phi) is 6.48. The van der Waals surface area contributed by atoms with Crippen LogP contribution in [0.1, 0.15) is 16.7 Å². The van der Waals surface area contributed by atoms with Gasteiger partial charge in [-0.1, -0.05) is 17.7 Å². The minimum Gasteiger partial charge on any atom is -0.495 e. The average molecular weight is 421 g/mol. The maximum absolute atomic E-state index is 12.6. The fourth-order valence-corrected chi connectivity index (χ4v) is 4.13. The molecule has 0 aromatic heterocycles. The monoisotopic (exact) mass is 421 g/mol. The molecule has 0 saturated heterocycles. The number of carbonyl (C=O) groups is 1. The number of nitro benzene ring substituents is 1. The van der Waals surface area contributed by atoms with Crippen LogP contribution in [0.15, 0.2) is 30.3 Å². The van der Waals surface area contributed by atoms with Crippen molar-refractivity contribution < 1.29 is 22.9 Å². The third-order valence-electron chi connectivity index (χ3n) is 4.24. The van der Waals surface area contributed by atoms with Gasteiger partial charge in [-0.05, 0) is 38.0 Å². The molecule has 0 saturated carbocycles. The van der Waals surface area contributed by atoms with Crippen LogP contribution >= 0.6 is 0 Å². The van der Waals surface area contributed by atoms with Crippen LogP contribution in [0, 0.1) is 30.9 Å². The molecule has 0 fully saturated rings. The topological polar surface area (TPSA) is 119 Å². The molecule has 2 aromatic carbocycles. The average Bonchev–Trinajstić information content (AvgIpc) is 2.59. The summed E-state index contributed by atoms with van der Waals surface area (Å²) >= 11 is 0. The molecule has 0 unspecified atom stereocenters. The fourth-order valence-electron chi connectivity index (χ4n) is 3.16. The van der Waals surface area contributed by atoms with Gasteiger partial charge >= 0.3 is 0 Å². The number of hydrogen-bond acceptors (Lipinski definition) is 6. The Morgan fingerprint density at radius 1 is 1.17 bits per heavy atom. The van der Waals surface area contributed by atoms with Crippen LogP contribution in [0.5, 0.6) is 5.75 Å². The molecule has 0 radical (unpaired) electrons. The van der Waals surface area contributed by atoms with Crippen molar-refractivity contribution >= 4 is 33.0 Å². The zero-order chi connectivity index (χ0) is 21.9. The molecule has 0 aliphatic rings. The number of aryl methyl sites for hydroxylation is 3. The van der Waals surface area contributed by atoms with Gasteiger partial charge in [0.2, 0.25) is 15.9 Å². The lowest BCUT2D eigenvalue weighted by Crippen LogP contribution is -2.38. The largest absolute Gasteiger partial charge is 0.495 e. The van der Waals surface area contributed by atoms with E-state index in [0.717, 1.165) is 22.2 Å². The number of carbonyl (C=O) groups excluding carboxylic acids is 1. The Morgan fingerprint density at radius 2 is 1.76 bits per heavy atom.